The molecule has 2 aromatic rings. The Morgan fingerprint density at radius 1 is 1.16 bits per heavy atom. The summed E-state index contributed by atoms with van der Waals surface area (Å²) < 4.78 is 24.8. The van der Waals surface area contributed by atoms with E-state index in [-0.39, 0.29) is 12.0 Å². The molecule has 7 nitrogen and oxygen atoms in total. The first-order valence-corrected chi connectivity index (χ1v) is 12.3. The van der Waals surface area contributed by atoms with Crippen molar-refractivity contribution in [3.8, 4) is 5.75 Å². The van der Waals surface area contributed by atoms with E-state index in [0.29, 0.717) is 36.3 Å². The highest BCUT2D eigenvalue weighted by Gasteiger charge is 2.58. The van der Waals surface area contributed by atoms with E-state index in [1.54, 1.807) is 6.07 Å². The molecule has 2 aliphatic heterocycles. The van der Waals surface area contributed by atoms with Gasteiger partial charge in [0.05, 0.1) is 31.7 Å². The molecule has 1 N–H and O–H groups in total. The number of carbonyl (C=O) groups is 3. The number of phenols is 1. The maximum atomic E-state index is 14.0. The fourth-order valence-electron chi connectivity index (χ4n) is 5.95. The van der Waals surface area contributed by atoms with Gasteiger partial charge in [-0.05, 0) is 60.6 Å². The Bertz CT molecular complexity index is 1320. The molecule has 2 heterocycles. The molecule has 0 saturated carbocycles. The van der Waals surface area contributed by atoms with Gasteiger partial charge < -0.3 is 14.6 Å². The third kappa shape index (κ3) is 4.46. The van der Waals surface area contributed by atoms with Crippen LogP contribution >= 0.6 is 0 Å². The molecule has 2 saturated heterocycles. The molecule has 2 fully saturated rings. The molecule has 1 aliphatic carbocycles. The zero-order valence-corrected chi connectivity index (χ0v) is 20.6. The second-order valence-electron chi connectivity index (χ2n) is 9.77. The van der Waals surface area contributed by atoms with Crippen LogP contribution in [0.25, 0.3) is 11.6 Å². The molecule has 8 heteroatoms. The van der Waals surface area contributed by atoms with Gasteiger partial charge in [-0.3, -0.25) is 9.59 Å². The lowest BCUT2D eigenvalue weighted by Crippen LogP contribution is -2.37. The number of allylic oxidation sites excluding steroid dienone is 2. The van der Waals surface area contributed by atoms with Crippen molar-refractivity contribution in [2.24, 2.45) is 17.8 Å². The summed E-state index contributed by atoms with van der Waals surface area (Å²) in [5.74, 6) is -3.55. The molecule has 2 aromatic carbocycles. The number of imide groups is 3. The van der Waals surface area contributed by atoms with E-state index in [1.807, 2.05) is 43.3 Å². The van der Waals surface area contributed by atoms with Gasteiger partial charge >= 0.3 is 6.09 Å². The first kappa shape index (κ1) is 24.9. The number of fused-ring (bicyclic) bond motifs is 3. The number of methoxy groups -OCH3 is 1. The molecule has 37 heavy (non-hydrogen) atoms. The second-order valence-corrected chi connectivity index (χ2v) is 9.77. The smallest absolute Gasteiger partial charge is 0.423 e. The molecule has 0 unspecified atom stereocenters. The number of phenolic OH excluding ortho intramolecular Hbond substituents is 1. The van der Waals surface area contributed by atoms with Crippen LogP contribution < -0.4 is 0 Å². The standard InChI is InChI=1S/C29H28FNO6/c1-16-12-20-26(28(34)31(27(20)33)29(35)36-2)21-15-37-24(25(16)21)11-9-19(18-6-4-3-5-7-18)13-17-8-10-23(32)22(30)14-17/h3-8,10,13-14,20-21,24,26,32H,9,11-12,15H2,1-2H3/b19-13-/t20-,21+,24-,26-/m1/s1. The SMILES string of the molecule is COC(=O)N1C(=O)[C@@H]2[C@@H](CC(C)=C3[C@@H](CC/C(=C/c4ccc(O)c(F)c4)c4ccccc4)OC[C@@H]32)C1=O. The Balaban J connectivity index is 1.39. The summed E-state index contributed by atoms with van der Waals surface area (Å²) in [5, 5.41) is 9.55. The summed E-state index contributed by atoms with van der Waals surface area (Å²) in [6.07, 6.45) is 2.38. The fraction of sp³-hybridized carbons (Fsp3) is 0.345. The van der Waals surface area contributed by atoms with E-state index in [1.165, 1.54) is 12.1 Å². The molecular weight excluding hydrogens is 477 g/mol. The summed E-state index contributed by atoms with van der Waals surface area (Å²) >= 11 is 0. The van der Waals surface area contributed by atoms with Crippen molar-refractivity contribution in [2.75, 3.05) is 13.7 Å². The van der Waals surface area contributed by atoms with Gasteiger partial charge in [0.15, 0.2) is 11.6 Å². The van der Waals surface area contributed by atoms with Crippen molar-refractivity contribution in [1.82, 2.24) is 4.90 Å². The first-order valence-electron chi connectivity index (χ1n) is 12.3. The third-order valence-corrected chi connectivity index (χ3v) is 7.64. The number of rotatable bonds is 5. The van der Waals surface area contributed by atoms with Crippen LogP contribution in [0.15, 0.2) is 59.7 Å². The van der Waals surface area contributed by atoms with Crippen LogP contribution in [0.3, 0.4) is 0 Å². The summed E-state index contributed by atoms with van der Waals surface area (Å²) in [4.78, 5) is 38.7. The quantitative estimate of drug-likeness (QED) is 0.351. The van der Waals surface area contributed by atoms with E-state index in [2.05, 4.69) is 4.74 Å². The Labute approximate surface area is 214 Å². The summed E-state index contributed by atoms with van der Waals surface area (Å²) in [7, 11) is 1.15. The first-order chi connectivity index (χ1) is 17.8. The van der Waals surface area contributed by atoms with E-state index in [4.69, 9.17) is 4.74 Å². The van der Waals surface area contributed by atoms with E-state index < -0.39 is 41.3 Å². The van der Waals surface area contributed by atoms with E-state index in [9.17, 15) is 23.9 Å². The third-order valence-electron chi connectivity index (χ3n) is 7.64. The van der Waals surface area contributed by atoms with Crippen LogP contribution in [0.2, 0.25) is 0 Å². The topological polar surface area (TPSA) is 93.1 Å². The maximum absolute atomic E-state index is 14.0. The molecule has 192 valence electrons. The predicted molar refractivity (Wildman–Crippen MR) is 133 cm³/mol. The molecular formula is C29H28FNO6. The monoisotopic (exact) mass is 505 g/mol. The van der Waals surface area contributed by atoms with Crippen LogP contribution in [0.4, 0.5) is 9.18 Å². The lowest BCUT2D eigenvalue weighted by molar-refractivity contribution is -0.137. The average Bonchev–Trinajstić information content (AvgIpc) is 3.43. The average molecular weight is 506 g/mol. The highest BCUT2D eigenvalue weighted by atomic mass is 19.1. The predicted octanol–water partition coefficient (Wildman–Crippen LogP) is 4.95. The number of halogens is 1. The van der Waals surface area contributed by atoms with Gasteiger partial charge in [-0.15, -0.1) is 0 Å². The van der Waals surface area contributed by atoms with Crippen molar-refractivity contribution < 1.29 is 33.4 Å². The molecule has 4 atom stereocenters. The summed E-state index contributed by atoms with van der Waals surface area (Å²) in [5.41, 5.74) is 4.66. The van der Waals surface area contributed by atoms with Gasteiger partial charge in [0.2, 0.25) is 11.8 Å². The maximum Gasteiger partial charge on any atom is 0.423 e. The Hall–Kier alpha value is -3.78. The number of likely N-dealkylation sites (tertiary alicyclic amines) is 1. The van der Waals surface area contributed by atoms with E-state index in [0.717, 1.165) is 29.4 Å². The van der Waals surface area contributed by atoms with Crippen molar-refractivity contribution in [3.63, 3.8) is 0 Å². The number of amides is 3. The highest BCUT2D eigenvalue weighted by molar-refractivity contribution is 6.16. The number of hydrogen-bond donors (Lipinski definition) is 1. The van der Waals surface area contributed by atoms with Gasteiger partial charge in [-0.25, -0.2) is 9.18 Å². The fourth-order valence-corrected chi connectivity index (χ4v) is 5.95. The van der Waals surface area contributed by atoms with Crippen LogP contribution in [-0.2, 0) is 19.1 Å². The van der Waals surface area contributed by atoms with Gasteiger partial charge in [0, 0.05) is 5.92 Å². The van der Waals surface area contributed by atoms with Crippen molar-refractivity contribution >= 4 is 29.6 Å². The molecule has 0 aromatic heterocycles. The minimum Gasteiger partial charge on any atom is -0.505 e. The zero-order chi connectivity index (χ0) is 26.3. The number of carbonyl (C=O) groups excluding carboxylic acids is 3. The van der Waals surface area contributed by atoms with Gasteiger partial charge in [0.1, 0.15) is 0 Å². The largest absolute Gasteiger partial charge is 0.505 e. The van der Waals surface area contributed by atoms with Gasteiger partial charge in [-0.2, -0.15) is 4.90 Å². The molecule has 0 bridgehead atoms. The highest BCUT2D eigenvalue weighted by Crippen LogP contribution is 2.50. The van der Waals surface area contributed by atoms with Crippen LogP contribution in [-0.4, -0.2) is 47.7 Å². The van der Waals surface area contributed by atoms with Gasteiger partial charge in [0.25, 0.3) is 0 Å². The van der Waals surface area contributed by atoms with Crippen LogP contribution in [0, 0.1) is 23.6 Å². The summed E-state index contributed by atoms with van der Waals surface area (Å²) in [6.45, 7) is 2.27. The number of nitrogens with zero attached hydrogens (tertiary/aromatic N) is 1. The van der Waals surface area contributed by atoms with Gasteiger partial charge in [-0.1, -0.05) is 48.0 Å². The van der Waals surface area contributed by atoms with Crippen LogP contribution in [0.1, 0.15) is 37.3 Å². The van der Waals surface area contributed by atoms with Crippen LogP contribution in [0.5, 0.6) is 5.75 Å². The van der Waals surface area contributed by atoms with Crippen molar-refractivity contribution in [1.29, 1.82) is 0 Å². The Kier molecular flexibility index (Phi) is 6.69. The molecule has 0 radical (unpaired) electrons. The van der Waals surface area contributed by atoms with Crippen molar-refractivity contribution in [2.45, 2.75) is 32.3 Å². The lowest BCUT2D eigenvalue weighted by atomic mass is 9.70. The minimum atomic E-state index is -0.942. The molecule has 3 aliphatic rings. The number of hydrogen-bond acceptors (Lipinski definition) is 6. The molecule has 3 amide bonds. The summed E-state index contributed by atoms with van der Waals surface area (Å²) in [6, 6.07) is 14.1. The van der Waals surface area contributed by atoms with Crippen molar-refractivity contribution in [3.05, 3.63) is 76.6 Å². The normalized spacial score (nSPS) is 25.4. The number of benzene rings is 2. The van der Waals surface area contributed by atoms with E-state index >= 15 is 0 Å². The zero-order valence-electron chi connectivity index (χ0n) is 20.6. The Morgan fingerprint density at radius 2 is 1.92 bits per heavy atom. The lowest BCUT2D eigenvalue weighted by Gasteiger charge is -2.30. The second kappa shape index (κ2) is 9.94. The number of ether oxygens (including phenoxy) is 2. The minimum absolute atomic E-state index is 0.232. The molecule has 0 spiro atoms. The number of aromatic hydroxyl groups is 1. The molecule has 5 rings (SSSR count). The Morgan fingerprint density at radius 3 is 2.62 bits per heavy atom.